The Bertz CT molecular complexity index is 378. The van der Waals surface area contributed by atoms with Crippen LogP contribution in [-0.4, -0.2) is 46.7 Å². The van der Waals surface area contributed by atoms with Crippen LogP contribution in [0, 0.1) is 6.92 Å². The van der Waals surface area contributed by atoms with E-state index in [1.807, 2.05) is 32.9 Å². The maximum absolute atomic E-state index is 9.24. The van der Waals surface area contributed by atoms with Crippen LogP contribution in [0.15, 0.2) is 12.1 Å². The Morgan fingerprint density at radius 2 is 2.24 bits per heavy atom. The molecule has 1 fully saturated rings. The zero-order chi connectivity index (χ0) is 12.5. The average Bonchev–Trinajstić information content (AvgIpc) is 2.27. The van der Waals surface area contributed by atoms with Gasteiger partial charge in [0.2, 0.25) is 0 Å². The lowest BCUT2D eigenvalue weighted by atomic mass is 10.1. The van der Waals surface area contributed by atoms with Gasteiger partial charge in [-0.1, -0.05) is 0 Å². The minimum atomic E-state index is -0.280. The number of rotatable bonds is 2. The van der Waals surface area contributed by atoms with E-state index in [-0.39, 0.29) is 18.3 Å². The summed E-state index contributed by atoms with van der Waals surface area (Å²) in [5.41, 5.74) is 0.623. The number of hydrogen-bond acceptors (Lipinski definition) is 5. The van der Waals surface area contributed by atoms with Gasteiger partial charge in [0.15, 0.2) is 5.82 Å². The van der Waals surface area contributed by atoms with Crippen LogP contribution >= 0.6 is 0 Å². The van der Waals surface area contributed by atoms with Crippen molar-refractivity contribution in [1.29, 1.82) is 0 Å². The number of anilines is 1. The van der Waals surface area contributed by atoms with E-state index in [4.69, 9.17) is 4.74 Å². The van der Waals surface area contributed by atoms with Crippen molar-refractivity contribution >= 4 is 5.82 Å². The highest BCUT2D eigenvalue weighted by Gasteiger charge is 2.33. The lowest BCUT2D eigenvalue weighted by Crippen LogP contribution is -2.54. The van der Waals surface area contributed by atoms with Crippen molar-refractivity contribution in [3.63, 3.8) is 0 Å². The molecule has 0 saturated carbocycles. The molecule has 0 amide bonds. The summed E-state index contributed by atoms with van der Waals surface area (Å²) >= 11 is 0. The van der Waals surface area contributed by atoms with Crippen LogP contribution in [0.4, 0.5) is 5.82 Å². The highest BCUT2D eigenvalue weighted by Crippen LogP contribution is 2.24. The number of aryl methyl sites for hydroxylation is 1. The first-order valence-corrected chi connectivity index (χ1v) is 5.84. The largest absolute Gasteiger partial charge is 0.394 e. The van der Waals surface area contributed by atoms with Crippen molar-refractivity contribution < 1.29 is 9.84 Å². The van der Waals surface area contributed by atoms with Crippen LogP contribution in [0.5, 0.6) is 0 Å². The SMILES string of the molecule is Cc1ccc(N2CC(CO)OC(C)(C)C2)nn1. The molecule has 2 heterocycles. The molecule has 0 aromatic carbocycles. The summed E-state index contributed by atoms with van der Waals surface area (Å²) in [6.45, 7) is 7.38. The van der Waals surface area contributed by atoms with Gasteiger partial charge in [-0.25, -0.2) is 0 Å². The molecule has 1 aliphatic heterocycles. The van der Waals surface area contributed by atoms with Gasteiger partial charge in [0, 0.05) is 13.1 Å². The van der Waals surface area contributed by atoms with Gasteiger partial charge in [-0.05, 0) is 32.9 Å². The third kappa shape index (κ3) is 2.92. The number of aliphatic hydroxyl groups excluding tert-OH is 1. The predicted octanol–water partition coefficient (Wildman–Crippen LogP) is 0.761. The van der Waals surface area contributed by atoms with E-state index in [0.29, 0.717) is 6.54 Å². The van der Waals surface area contributed by atoms with Crippen molar-refractivity contribution in [2.45, 2.75) is 32.5 Å². The van der Waals surface area contributed by atoms with Gasteiger partial charge in [-0.3, -0.25) is 0 Å². The van der Waals surface area contributed by atoms with Crippen molar-refractivity contribution in [3.05, 3.63) is 17.8 Å². The van der Waals surface area contributed by atoms with E-state index in [1.165, 1.54) is 0 Å². The van der Waals surface area contributed by atoms with Crippen molar-refractivity contribution in [3.8, 4) is 0 Å². The molecule has 0 bridgehead atoms. The molecular weight excluding hydrogens is 218 g/mol. The van der Waals surface area contributed by atoms with Crippen LogP contribution < -0.4 is 4.90 Å². The normalized spacial score (nSPS) is 23.8. The van der Waals surface area contributed by atoms with Crippen molar-refractivity contribution in [2.75, 3.05) is 24.6 Å². The van der Waals surface area contributed by atoms with Gasteiger partial charge in [-0.15, -0.1) is 5.10 Å². The standard InChI is InChI=1S/C12H19N3O2/c1-9-4-5-11(14-13-9)15-6-10(7-16)17-12(2,3)8-15/h4-5,10,16H,6-8H2,1-3H3. The van der Waals surface area contributed by atoms with Gasteiger partial charge in [0.05, 0.1) is 24.0 Å². The first kappa shape index (κ1) is 12.3. The fourth-order valence-electron chi connectivity index (χ4n) is 2.13. The summed E-state index contributed by atoms with van der Waals surface area (Å²) in [6, 6.07) is 3.90. The molecule has 1 N–H and O–H groups in total. The Kier molecular flexibility index (Phi) is 3.31. The van der Waals surface area contributed by atoms with Crippen molar-refractivity contribution in [1.82, 2.24) is 10.2 Å². The lowest BCUT2D eigenvalue weighted by Gasteiger charge is -2.42. The molecule has 5 nitrogen and oxygen atoms in total. The number of aromatic nitrogens is 2. The minimum absolute atomic E-state index is 0.0270. The van der Waals surface area contributed by atoms with E-state index >= 15 is 0 Å². The number of hydrogen-bond donors (Lipinski definition) is 1. The minimum Gasteiger partial charge on any atom is -0.394 e. The highest BCUT2D eigenvalue weighted by molar-refractivity contribution is 5.38. The number of morpholine rings is 1. The quantitative estimate of drug-likeness (QED) is 0.823. The Labute approximate surface area is 101 Å². The molecule has 1 saturated heterocycles. The van der Waals surface area contributed by atoms with Gasteiger partial charge in [-0.2, -0.15) is 5.10 Å². The van der Waals surface area contributed by atoms with Crippen LogP contribution in [0.25, 0.3) is 0 Å². The fraction of sp³-hybridized carbons (Fsp3) is 0.667. The van der Waals surface area contributed by atoms with E-state index < -0.39 is 0 Å². The summed E-state index contributed by atoms with van der Waals surface area (Å²) in [4.78, 5) is 2.11. The average molecular weight is 237 g/mol. The van der Waals surface area contributed by atoms with E-state index in [1.54, 1.807) is 0 Å². The Morgan fingerprint density at radius 1 is 1.47 bits per heavy atom. The third-order valence-electron chi connectivity index (χ3n) is 2.79. The molecule has 94 valence electrons. The molecule has 2 rings (SSSR count). The maximum atomic E-state index is 9.24. The van der Waals surface area contributed by atoms with Crippen LogP contribution in [0.3, 0.4) is 0 Å². The summed E-state index contributed by atoms with van der Waals surface area (Å²) < 4.78 is 5.76. The third-order valence-corrected chi connectivity index (χ3v) is 2.79. The molecule has 1 aromatic heterocycles. The highest BCUT2D eigenvalue weighted by atomic mass is 16.5. The predicted molar refractivity (Wildman–Crippen MR) is 65.0 cm³/mol. The van der Waals surface area contributed by atoms with Gasteiger partial charge < -0.3 is 14.7 Å². The van der Waals surface area contributed by atoms with Gasteiger partial charge in [0.25, 0.3) is 0 Å². The second-order valence-corrected chi connectivity index (χ2v) is 5.10. The van der Waals surface area contributed by atoms with Gasteiger partial charge >= 0.3 is 0 Å². The first-order valence-electron chi connectivity index (χ1n) is 5.84. The van der Waals surface area contributed by atoms with Gasteiger partial charge in [0.1, 0.15) is 0 Å². The fourth-order valence-corrected chi connectivity index (χ4v) is 2.13. The summed E-state index contributed by atoms with van der Waals surface area (Å²) in [5, 5.41) is 17.5. The van der Waals surface area contributed by atoms with E-state index in [2.05, 4.69) is 15.1 Å². The summed E-state index contributed by atoms with van der Waals surface area (Å²) in [5.74, 6) is 0.838. The molecule has 5 heteroatoms. The van der Waals surface area contributed by atoms with Crippen molar-refractivity contribution in [2.24, 2.45) is 0 Å². The molecule has 1 unspecified atom stereocenters. The monoisotopic (exact) mass is 237 g/mol. The molecule has 0 aliphatic carbocycles. The summed E-state index contributed by atoms with van der Waals surface area (Å²) in [6.07, 6.45) is -0.165. The molecule has 1 aliphatic rings. The Balaban J connectivity index is 2.17. The second-order valence-electron chi connectivity index (χ2n) is 5.10. The molecular formula is C12H19N3O2. The Morgan fingerprint density at radius 3 is 2.82 bits per heavy atom. The van der Waals surface area contributed by atoms with Crippen LogP contribution in [0.2, 0.25) is 0 Å². The molecule has 0 radical (unpaired) electrons. The second kappa shape index (κ2) is 4.58. The number of ether oxygens (including phenoxy) is 1. The van der Waals surface area contributed by atoms with Crippen LogP contribution in [-0.2, 0) is 4.74 Å². The summed E-state index contributed by atoms with van der Waals surface area (Å²) in [7, 11) is 0. The first-order chi connectivity index (χ1) is 8.00. The molecule has 1 atom stereocenters. The van der Waals surface area contributed by atoms with Crippen LogP contribution in [0.1, 0.15) is 19.5 Å². The maximum Gasteiger partial charge on any atom is 0.151 e. The molecule has 0 spiro atoms. The van der Waals surface area contributed by atoms with E-state index in [0.717, 1.165) is 18.1 Å². The zero-order valence-corrected chi connectivity index (χ0v) is 10.6. The number of nitrogens with zero attached hydrogens (tertiary/aromatic N) is 3. The lowest BCUT2D eigenvalue weighted by molar-refractivity contribution is -0.101. The number of aliphatic hydroxyl groups is 1. The molecule has 17 heavy (non-hydrogen) atoms. The zero-order valence-electron chi connectivity index (χ0n) is 10.6. The van der Waals surface area contributed by atoms with E-state index in [9.17, 15) is 5.11 Å². The Hall–Kier alpha value is -1.20. The topological polar surface area (TPSA) is 58.5 Å². The smallest absolute Gasteiger partial charge is 0.151 e. The molecule has 1 aromatic rings.